The van der Waals surface area contributed by atoms with E-state index in [4.69, 9.17) is 0 Å². The second kappa shape index (κ2) is 4.78. The van der Waals surface area contributed by atoms with Gasteiger partial charge in [0, 0.05) is 0 Å². The van der Waals surface area contributed by atoms with Crippen molar-refractivity contribution in [2.75, 3.05) is 4.90 Å². The molecular weight excluding hydrogens is 250 g/mol. The van der Waals surface area contributed by atoms with Gasteiger partial charge in [-0.05, 0) is 17.2 Å². The Kier molecular flexibility index (Phi) is 2.95. The lowest BCUT2D eigenvalue weighted by molar-refractivity contribution is -0.114. The maximum absolute atomic E-state index is 12.2. The summed E-state index contributed by atoms with van der Waals surface area (Å²) < 4.78 is 0. The lowest BCUT2D eigenvalue weighted by Gasteiger charge is -2.16. The fraction of sp³-hybridized carbons (Fsp3) is 0.0588. The third-order valence-electron chi connectivity index (χ3n) is 3.44. The largest absolute Gasteiger partial charge is 0.300 e. The van der Waals surface area contributed by atoms with E-state index in [9.17, 15) is 9.59 Å². The van der Waals surface area contributed by atoms with Crippen molar-refractivity contribution in [3.05, 3.63) is 71.8 Å². The van der Waals surface area contributed by atoms with Crippen molar-refractivity contribution in [2.45, 2.75) is 6.54 Å². The fourth-order valence-electron chi connectivity index (χ4n) is 2.46. The van der Waals surface area contributed by atoms with E-state index >= 15 is 0 Å². The molecule has 0 spiro atoms. The topological polar surface area (TPSA) is 37.4 Å². The van der Waals surface area contributed by atoms with Crippen LogP contribution in [0.2, 0.25) is 0 Å². The molecule has 0 saturated carbocycles. The van der Waals surface area contributed by atoms with Gasteiger partial charge >= 0.3 is 0 Å². The number of Topliss-reactive ketones (excluding diaryl/α,β-unsaturated/α-hetero) is 1. The quantitative estimate of drug-likeness (QED) is 0.798. The summed E-state index contributed by atoms with van der Waals surface area (Å²) in [6, 6.07) is 15.1. The molecule has 0 N–H and O–H groups in total. The average molecular weight is 263 g/mol. The van der Waals surface area contributed by atoms with Crippen molar-refractivity contribution < 1.29 is 9.59 Å². The Labute approximate surface area is 117 Å². The molecule has 0 bridgehead atoms. The van der Waals surface area contributed by atoms with Crippen LogP contribution in [-0.2, 0) is 11.3 Å². The lowest BCUT2D eigenvalue weighted by Crippen LogP contribution is -2.29. The number of amides is 1. The number of anilines is 1. The summed E-state index contributed by atoms with van der Waals surface area (Å²) in [7, 11) is 0. The normalized spacial score (nSPS) is 13.5. The average Bonchev–Trinajstić information content (AvgIpc) is 2.73. The van der Waals surface area contributed by atoms with Crippen LogP contribution in [0, 0.1) is 0 Å². The van der Waals surface area contributed by atoms with Crippen LogP contribution in [0.3, 0.4) is 0 Å². The van der Waals surface area contributed by atoms with Gasteiger partial charge in [0.05, 0.1) is 17.8 Å². The molecule has 3 heteroatoms. The smallest absolute Gasteiger partial charge is 0.299 e. The third-order valence-corrected chi connectivity index (χ3v) is 3.44. The van der Waals surface area contributed by atoms with Crippen LogP contribution in [0.4, 0.5) is 5.69 Å². The molecule has 1 heterocycles. The van der Waals surface area contributed by atoms with Crippen LogP contribution >= 0.6 is 0 Å². The van der Waals surface area contributed by atoms with Gasteiger partial charge in [0.15, 0.2) is 0 Å². The summed E-state index contributed by atoms with van der Waals surface area (Å²) in [6.45, 7) is 4.10. The monoisotopic (exact) mass is 263 g/mol. The van der Waals surface area contributed by atoms with Gasteiger partial charge in [0.25, 0.3) is 11.7 Å². The highest BCUT2D eigenvalue weighted by Gasteiger charge is 2.36. The minimum Gasteiger partial charge on any atom is -0.300 e. The van der Waals surface area contributed by atoms with Gasteiger partial charge in [-0.25, -0.2) is 0 Å². The molecule has 2 aromatic carbocycles. The molecule has 1 amide bonds. The number of ketones is 1. The zero-order valence-electron chi connectivity index (χ0n) is 10.9. The molecule has 0 aliphatic carbocycles. The molecule has 2 aromatic rings. The van der Waals surface area contributed by atoms with E-state index in [1.54, 1.807) is 18.2 Å². The third kappa shape index (κ3) is 1.84. The maximum atomic E-state index is 12.2. The number of fused-ring (bicyclic) bond motifs is 1. The van der Waals surface area contributed by atoms with Crippen molar-refractivity contribution in [3.63, 3.8) is 0 Å². The molecule has 0 aromatic heterocycles. The summed E-state index contributed by atoms with van der Waals surface area (Å²) in [5, 5.41) is 0. The molecular formula is C17H13NO2. The van der Waals surface area contributed by atoms with Crippen LogP contribution < -0.4 is 4.90 Å². The van der Waals surface area contributed by atoms with E-state index < -0.39 is 11.7 Å². The highest BCUT2D eigenvalue weighted by Crippen LogP contribution is 2.33. The van der Waals surface area contributed by atoms with E-state index in [2.05, 4.69) is 6.58 Å². The molecule has 3 nitrogen and oxygen atoms in total. The summed E-state index contributed by atoms with van der Waals surface area (Å²) in [5.74, 6) is -0.926. The minimum atomic E-state index is -0.474. The Morgan fingerprint density at radius 2 is 1.75 bits per heavy atom. The molecule has 0 saturated heterocycles. The Balaban J connectivity index is 2.05. The van der Waals surface area contributed by atoms with Crippen molar-refractivity contribution in [1.82, 2.24) is 0 Å². The Morgan fingerprint density at radius 1 is 1.00 bits per heavy atom. The van der Waals surface area contributed by atoms with Crippen molar-refractivity contribution in [2.24, 2.45) is 0 Å². The summed E-state index contributed by atoms with van der Waals surface area (Å²) in [4.78, 5) is 25.8. The molecule has 0 radical (unpaired) electrons. The van der Waals surface area contributed by atoms with E-state index in [0.29, 0.717) is 23.4 Å². The van der Waals surface area contributed by atoms with Crippen molar-refractivity contribution in [3.8, 4) is 0 Å². The molecule has 0 atom stereocenters. The molecule has 0 fully saturated rings. The lowest BCUT2D eigenvalue weighted by atomic mass is 10.0. The number of hydrogen-bond donors (Lipinski definition) is 0. The summed E-state index contributed by atoms with van der Waals surface area (Å²) in [6.07, 6.45) is 1.61. The van der Waals surface area contributed by atoms with E-state index in [1.807, 2.05) is 36.4 Å². The van der Waals surface area contributed by atoms with Gasteiger partial charge in [-0.3, -0.25) is 9.59 Å². The Morgan fingerprint density at radius 3 is 2.45 bits per heavy atom. The number of nitrogens with zero attached hydrogens (tertiary/aromatic N) is 1. The SMILES string of the molecule is C=Cc1cccc2c1C(=O)C(=O)N2Cc1ccccc1. The fourth-order valence-corrected chi connectivity index (χ4v) is 2.46. The number of carbonyl (C=O) groups is 2. The Bertz CT molecular complexity index is 704. The van der Waals surface area contributed by atoms with Crippen LogP contribution in [0.15, 0.2) is 55.1 Å². The Hall–Kier alpha value is -2.68. The predicted molar refractivity (Wildman–Crippen MR) is 78.5 cm³/mol. The second-order valence-electron chi connectivity index (χ2n) is 4.65. The van der Waals surface area contributed by atoms with Gasteiger partial charge in [-0.1, -0.05) is 55.1 Å². The van der Waals surface area contributed by atoms with Crippen LogP contribution in [0.5, 0.6) is 0 Å². The van der Waals surface area contributed by atoms with Gasteiger partial charge in [0.1, 0.15) is 0 Å². The first-order valence-electron chi connectivity index (χ1n) is 6.38. The van der Waals surface area contributed by atoms with E-state index in [-0.39, 0.29) is 0 Å². The highest BCUT2D eigenvalue weighted by atomic mass is 16.2. The maximum Gasteiger partial charge on any atom is 0.299 e. The van der Waals surface area contributed by atoms with E-state index in [1.165, 1.54) is 4.90 Å². The number of carbonyl (C=O) groups excluding carboxylic acids is 2. The summed E-state index contributed by atoms with van der Waals surface area (Å²) in [5.41, 5.74) is 2.83. The zero-order chi connectivity index (χ0) is 14.1. The minimum absolute atomic E-state index is 0.402. The van der Waals surface area contributed by atoms with E-state index in [0.717, 1.165) is 5.56 Å². The molecule has 0 unspecified atom stereocenters. The molecule has 1 aliphatic heterocycles. The first kappa shape index (κ1) is 12.4. The van der Waals surface area contributed by atoms with Crippen LogP contribution in [0.25, 0.3) is 6.08 Å². The van der Waals surface area contributed by atoms with Crippen LogP contribution in [-0.4, -0.2) is 11.7 Å². The van der Waals surface area contributed by atoms with Crippen LogP contribution in [0.1, 0.15) is 21.5 Å². The van der Waals surface area contributed by atoms with Crippen molar-refractivity contribution in [1.29, 1.82) is 0 Å². The van der Waals surface area contributed by atoms with Gasteiger partial charge < -0.3 is 4.90 Å². The van der Waals surface area contributed by atoms with Gasteiger partial charge in [0.2, 0.25) is 0 Å². The first-order valence-corrected chi connectivity index (χ1v) is 6.38. The number of benzene rings is 2. The molecule has 1 aliphatic rings. The van der Waals surface area contributed by atoms with Gasteiger partial charge in [-0.2, -0.15) is 0 Å². The number of hydrogen-bond acceptors (Lipinski definition) is 2. The molecule has 20 heavy (non-hydrogen) atoms. The molecule has 3 rings (SSSR count). The standard InChI is InChI=1S/C17H13NO2/c1-2-13-9-6-10-14-15(13)16(19)17(20)18(14)11-12-7-4-3-5-8-12/h2-10H,1,11H2. The first-order chi connectivity index (χ1) is 9.72. The zero-order valence-corrected chi connectivity index (χ0v) is 10.9. The van der Waals surface area contributed by atoms with Crippen molar-refractivity contribution >= 4 is 23.5 Å². The second-order valence-corrected chi connectivity index (χ2v) is 4.65. The summed E-state index contributed by atoms with van der Waals surface area (Å²) >= 11 is 0. The highest BCUT2D eigenvalue weighted by molar-refractivity contribution is 6.52. The predicted octanol–water partition coefficient (Wildman–Crippen LogP) is 3.06. The number of rotatable bonds is 3. The molecule has 98 valence electrons. The van der Waals surface area contributed by atoms with Gasteiger partial charge in [-0.15, -0.1) is 0 Å².